The number of nitrogens with zero attached hydrogens (tertiary/aromatic N) is 3. The number of benzene rings is 2. The van der Waals surface area contributed by atoms with Crippen LogP contribution in [0.1, 0.15) is 31.4 Å². The number of nitrogens with one attached hydrogen (secondary N) is 2. The van der Waals surface area contributed by atoms with E-state index in [-0.39, 0.29) is 11.9 Å². The summed E-state index contributed by atoms with van der Waals surface area (Å²) in [4.78, 5) is 24.0. The van der Waals surface area contributed by atoms with E-state index in [2.05, 4.69) is 44.6 Å². The molecule has 1 aromatic heterocycles. The largest absolute Gasteiger partial charge is 0.491 e. The fraction of sp³-hybridized carbons (Fsp3) is 0.393. The maximum atomic E-state index is 12.8. The standard InChI is InChI=1S/C28H33N5O3/c1-20(22-6-3-2-4-7-22)31-28-23-16-25(32-27(34)8-5-11-33-12-14-35-15-13-33)26(36-18-21-9-10-21)17-24(23)29-19-30-28/h2-8,16-17,19-21H,9-15,18H2,1H3,(H,32,34)(H,29,30,31). The first-order chi connectivity index (χ1) is 17.7. The van der Waals surface area contributed by atoms with Crippen LogP contribution in [0.5, 0.6) is 5.75 Å². The van der Waals surface area contributed by atoms with Crippen LogP contribution in [0, 0.1) is 5.92 Å². The zero-order valence-electron chi connectivity index (χ0n) is 20.7. The Balaban J connectivity index is 1.36. The molecular formula is C28H33N5O3. The molecule has 1 aliphatic carbocycles. The van der Waals surface area contributed by atoms with Crippen molar-refractivity contribution >= 4 is 28.3 Å². The Kier molecular flexibility index (Phi) is 7.73. The van der Waals surface area contributed by atoms with Gasteiger partial charge < -0.3 is 20.1 Å². The second-order valence-corrected chi connectivity index (χ2v) is 9.42. The number of carbonyl (C=O) groups excluding carboxylic acids is 1. The van der Waals surface area contributed by atoms with Crippen LogP contribution in [0.4, 0.5) is 11.5 Å². The molecule has 1 atom stereocenters. The number of hydrogen-bond donors (Lipinski definition) is 2. The molecule has 0 spiro atoms. The molecule has 188 valence electrons. The third-order valence-corrected chi connectivity index (χ3v) is 6.56. The molecule has 2 fully saturated rings. The van der Waals surface area contributed by atoms with Crippen molar-refractivity contribution in [3.05, 3.63) is 66.5 Å². The molecule has 1 unspecified atom stereocenters. The van der Waals surface area contributed by atoms with Crippen LogP contribution in [-0.4, -0.2) is 60.2 Å². The van der Waals surface area contributed by atoms with E-state index < -0.39 is 0 Å². The van der Waals surface area contributed by atoms with Gasteiger partial charge in [0.1, 0.15) is 17.9 Å². The lowest BCUT2D eigenvalue weighted by molar-refractivity contribution is -0.111. The maximum Gasteiger partial charge on any atom is 0.248 e. The third kappa shape index (κ3) is 6.38. The first-order valence-corrected chi connectivity index (χ1v) is 12.7. The van der Waals surface area contributed by atoms with Crippen LogP contribution in [-0.2, 0) is 9.53 Å². The first-order valence-electron chi connectivity index (χ1n) is 12.7. The van der Waals surface area contributed by atoms with Crippen molar-refractivity contribution in [1.82, 2.24) is 14.9 Å². The molecule has 0 radical (unpaired) electrons. The minimum Gasteiger partial charge on any atom is -0.491 e. The van der Waals surface area contributed by atoms with Crippen LogP contribution >= 0.6 is 0 Å². The fourth-order valence-corrected chi connectivity index (χ4v) is 4.21. The van der Waals surface area contributed by atoms with Crippen molar-refractivity contribution < 1.29 is 14.3 Å². The molecule has 3 aromatic rings. The molecule has 1 aliphatic heterocycles. The van der Waals surface area contributed by atoms with Gasteiger partial charge in [0.25, 0.3) is 0 Å². The molecule has 2 N–H and O–H groups in total. The van der Waals surface area contributed by atoms with Gasteiger partial charge in [0.2, 0.25) is 5.91 Å². The number of rotatable bonds is 10. The Morgan fingerprint density at radius 1 is 1.19 bits per heavy atom. The van der Waals surface area contributed by atoms with Crippen molar-refractivity contribution in [2.75, 3.05) is 50.1 Å². The molecule has 2 aromatic carbocycles. The molecular weight excluding hydrogens is 454 g/mol. The number of carbonyl (C=O) groups is 1. The fourth-order valence-electron chi connectivity index (χ4n) is 4.21. The quantitative estimate of drug-likeness (QED) is 0.409. The van der Waals surface area contributed by atoms with Crippen LogP contribution < -0.4 is 15.4 Å². The van der Waals surface area contributed by atoms with Gasteiger partial charge in [-0.1, -0.05) is 36.4 Å². The van der Waals surface area contributed by atoms with E-state index in [0.717, 1.165) is 49.3 Å². The van der Waals surface area contributed by atoms with E-state index in [0.29, 0.717) is 29.8 Å². The maximum absolute atomic E-state index is 12.8. The Hall–Kier alpha value is -3.49. The highest BCUT2D eigenvalue weighted by molar-refractivity contribution is 6.03. The summed E-state index contributed by atoms with van der Waals surface area (Å²) < 4.78 is 11.5. The number of ether oxygens (including phenoxy) is 2. The Morgan fingerprint density at radius 2 is 2.00 bits per heavy atom. The summed E-state index contributed by atoms with van der Waals surface area (Å²) in [6.45, 7) is 6.69. The first kappa shape index (κ1) is 24.2. The molecule has 8 nitrogen and oxygen atoms in total. The molecule has 36 heavy (non-hydrogen) atoms. The Morgan fingerprint density at radius 3 is 2.78 bits per heavy atom. The third-order valence-electron chi connectivity index (χ3n) is 6.56. The van der Waals surface area contributed by atoms with Crippen molar-refractivity contribution in [3.63, 3.8) is 0 Å². The Bertz CT molecular complexity index is 1210. The van der Waals surface area contributed by atoms with Crippen LogP contribution in [0.2, 0.25) is 0 Å². The summed E-state index contributed by atoms with van der Waals surface area (Å²) in [6.07, 6.45) is 7.41. The molecule has 1 saturated heterocycles. The minimum absolute atomic E-state index is 0.0521. The predicted molar refractivity (Wildman–Crippen MR) is 141 cm³/mol. The van der Waals surface area contributed by atoms with Gasteiger partial charge in [-0.3, -0.25) is 9.69 Å². The number of aromatic nitrogens is 2. The molecule has 1 saturated carbocycles. The van der Waals surface area contributed by atoms with Crippen molar-refractivity contribution in [1.29, 1.82) is 0 Å². The summed E-state index contributed by atoms with van der Waals surface area (Å²) in [7, 11) is 0. The number of hydrogen-bond acceptors (Lipinski definition) is 7. The minimum atomic E-state index is -0.192. The van der Waals surface area contributed by atoms with Crippen LogP contribution in [0.3, 0.4) is 0 Å². The molecule has 0 bridgehead atoms. The highest BCUT2D eigenvalue weighted by Crippen LogP contribution is 2.36. The zero-order chi connectivity index (χ0) is 24.7. The number of anilines is 2. The summed E-state index contributed by atoms with van der Waals surface area (Å²) >= 11 is 0. The lowest BCUT2D eigenvalue weighted by atomic mass is 10.1. The lowest BCUT2D eigenvalue weighted by Gasteiger charge is -2.25. The summed E-state index contributed by atoms with van der Waals surface area (Å²) in [5.74, 6) is 1.74. The molecule has 2 aliphatic rings. The van der Waals surface area contributed by atoms with Gasteiger partial charge in [0, 0.05) is 43.2 Å². The van der Waals surface area contributed by atoms with Gasteiger partial charge in [-0.15, -0.1) is 0 Å². The monoisotopic (exact) mass is 487 g/mol. The van der Waals surface area contributed by atoms with Gasteiger partial charge >= 0.3 is 0 Å². The average molecular weight is 488 g/mol. The number of amides is 1. The molecule has 2 heterocycles. The molecule has 1 amide bonds. The van der Waals surface area contributed by atoms with Crippen LogP contribution in [0.15, 0.2) is 60.9 Å². The van der Waals surface area contributed by atoms with E-state index in [9.17, 15) is 4.79 Å². The van der Waals surface area contributed by atoms with E-state index in [4.69, 9.17) is 9.47 Å². The summed E-state index contributed by atoms with van der Waals surface area (Å²) in [6, 6.07) is 14.1. The van der Waals surface area contributed by atoms with E-state index in [1.54, 1.807) is 12.4 Å². The summed E-state index contributed by atoms with van der Waals surface area (Å²) in [5, 5.41) is 7.34. The molecule has 8 heteroatoms. The smallest absolute Gasteiger partial charge is 0.248 e. The predicted octanol–water partition coefficient (Wildman–Crippen LogP) is 4.42. The number of fused-ring (bicyclic) bond motifs is 1. The van der Waals surface area contributed by atoms with Gasteiger partial charge in [-0.25, -0.2) is 9.97 Å². The van der Waals surface area contributed by atoms with Crippen molar-refractivity contribution in [3.8, 4) is 5.75 Å². The van der Waals surface area contributed by atoms with Gasteiger partial charge in [0.15, 0.2) is 0 Å². The van der Waals surface area contributed by atoms with Gasteiger partial charge in [0.05, 0.1) is 31.0 Å². The average Bonchev–Trinajstić information content (AvgIpc) is 3.73. The van der Waals surface area contributed by atoms with E-state index in [1.807, 2.05) is 36.4 Å². The molecule has 5 rings (SSSR count). The van der Waals surface area contributed by atoms with Crippen LogP contribution in [0.25, 0.3) is 10.9 Å². The number of morpholine rings is 1. The lowest BCUT2D eigenvalue weighted by Crippen LogP contribution is -2.36. The van der Waals surface area contributed by atoms with Crippen molar-refractivity contribution in [2.24, 2.45) is 5.92 Å². The van der Waals surface area contributed by atoms with Gasteiger partial charge in [-0.05, 0) is 37.3 Å². The SMILES string of the molecule is CC(Nc1ncnc2cc(OCC3CC3)c(NC(=O)C=CCN3CCOCC3)cc12)c1ccccc1. The second kappa shape index (κ2) is 11.5. The van der Waals surface area contributed by atoms with E-state index >= 15 is 0 Å². The zero-order valence-corrected chi connectivity index (χ0v) is 20.7. The van der Waals surface area contributed by atoms with E-state index in [1.165, 1.54) is 12.8 Å². The summed E-state index contributed by atoms with van der Waals surface area (Å²) in [5.41, 5.74) is 2.54. The normalized spacial score (nSPS) is 17.2. The van der Waals surface area contributed by atoms with Crippen molar-refractivity contribution in [2.45, 2.75) is 25.8 Å². The Labute approximate surface area is 211 Å². The highest BCUT2D eigenvalue weighted by atomic mass is 16.5. The highest BCUT2D eigenvalue weighted by Gasteiger charge is 2.23. The van der Waals surface area contributed by atoms with Gasteiger partial charge in [-0.2, -0.15) is 0 Å². The second-order valence-electron chi connectivity index (χ2n) is 9.42. The topological polar surface area (TPSA) is 88.6 Å².